The Morgan fingerprint density at radius 2 is 1.89 bits per heavy atom. The summed E-state index contributed by atoms with van der Waals surface area (Å²) in [6, 6.07) is 8.98. The maximum atomic E-state index is 12.1. The summed E-state index contributed by atoms with van der Waals surface area (Å²) in [4.78, 5) is 3.83. The molecule has 1 heterocycles. The van der Waals surface area contributed by atoms with Crippen LogP contribution >= 0.6 is 11.6 Å². The first kappa shape index (κ1) is 13.6. The van der Waals surface area contributed by atoms with Crippen LogP contribution < -0.4 is 4.74 Å². The van der Waals surface area contributed by atoms with E-state index in [0.717, 1.165) is 0 Å². The van der Waals surface area contributed by atoms with E-state index in [0.29, 0.717) is 5.75 Å². The number of nitrogens with zero attached hydrogens (tertiary/aromatic N) is 2. The van der Waals surface area contributed by atoms with E-state index in [1.54, 1.807) is 18.2 Å². The first-order valence-corrected chi connectivity index (χ1v) is 7.07. The predicted molar refractivity (Wildman–Crippen MR) is 72.4 cm³/mol. The van der Waals surface area contributed by atoms with Crippen molar-refractivity contribution in [2.45, 2.75) is 4.90 Å². The Hall–Kier alpha value is -1.79. The van der Waals surface area contributed by atoms with Gasteiger partial charge in [-0.25, -0.2) is 13.4 Å². The van der Waals surface area contributed by atoms with Crippen molar-refractivity contribution >= 4 is 27.3 Å². The van der Waals surface area contributed by atoms with Gasteiger partial charge < -0.3 is 9.46 Å². The molecule has 0 bridgehead atoms. The van der Waals surface area contributed by atoms with Crippen LogP contribution in [0.1, 0.15) is 0 Å². The van der Waals surface area contributed by atoms with E-state index in [-0.39, 0.29) is 15.7 Å². The maximum Gasteiger partial charge on any atom is 0.123 e. The lowest BCUT2D eigenvalue weighted by Crippen LogP contribution is -1.98. The second-order valence-electron chi connectivity index (χ2n) is 3.56. The van der Waals surface area contributed by atoms with Gasteiger partial charge in [-0.1, -0.05) is 23.4 Å². The van der Waals surface area contributed by atoms with Gasteiger partial charge >= 0.3 is 0 Å². The Bertz CT molecular complexity index is 672. The minimum atomic E-state index is -3.82. The molecular formula is C12H10ClN2O3S-. The van der Waals surface area contributed by atoms with Gasteiger partial charge in [0.15, 0.2) is 0 Å². The monoisotopic (exact) mass is 297 g/mol. The van der Waals surface area contributed by atoms with Crippen LogP contribution in [0.3, 0.4) is 0 Å². The lowest BCUT2D eigenvalue weighted by atomic mass is 10.3. The lowest BCUT2D eigenvalue weighted by molar-refractivity contribution is 0.414. The maximum absolute atomic E-state index is 12.1. The molecular weight excluding hydrogens is 288 g/mol. The Morgan fingerprint density at radius 3 is 2.47 bits per heavy atom. The second kappa shape index (κ2) is 5.46. The van der Waals surface area contributed by atoms with Crippen molar-refractivity contribution in [3.8, 4) is 5.75 Å². The van der Waals surface area contributed by atoms with E-state index in [9.17, 15) is 8.42 Å². The third-order valence-corrected chi connectivity index (χ3v) is 3.91. The summed E-state index contributed by atoms with van der Waals surface area (Å²) in [6.45, 7) is 0. The molecule has 0 aliphatic carbocycles. The predicted octanol–water partition coefficient (Wildman–Crippen LogP) is 3.14. The zero-order chi connectivity index (χ0) is 13.9. The summed E-state index contributed by atoms with van der Waals surface area (Å²) in [7, 11) is -2.31. The van der Waals surface area contributed by atoms with E-state index >= 15 is 0 Å². The van der Waals surface area contributed by atoms with Gasteiger partial charge in [0.1, 0.15) is 20.9 Å². The van der Waals surface area contributed by atoms with Crippen LogP contribution in [0, 0.1) is 0 Å². The number of rotatable bonds is 4. The number of benzene rings is 1. The lowest BCUT2D eigenvalue weighted by Gasteiger charge is -2.22. The fraction of sp³-hybridized carbons (Fsp3) is 0.0833. The minimum Gasteiger partial charge on any atom is -0.570 e. The Kier molecular flexibility index (Phi) is 3.92. The molecule has 0 N–H and O–H groups in total. The second-order valence-corrected chi connectivity index (χ2v) is 5.52. The normalized spacial score (nSPS) is 11.1. The van der Waals surface area contributed by atoms with Crippen molar-refractivity contribution in [2.24, 2.45) is 0 Å². The molecule has 0 spiro atoms. The SMILES string of the molecule is COc1ccc(S(=O)(=O)[N-]c2cccnc2Cl)cc1. The average Bonchev–Trinajstić information content (AvgIpc) is 2.41. The summed E-state index contributed by atoms with van der Waals surface area (Å²) in [5, 5.41) is 0.0413. The third kappa shape index (κ3) is 3.15. The molecule has 5 nitrogen and oxygen atoms in total. The fourth-order valence-corrected chi connectivity index (χ4v) is 2.58. The molecule has 0 amide bonds. The van der Waals surface area contributed by atoms with Crippen LogP contribution in [-0.2, 0) is 10.0 Å². The molecule has 0 aliphatic rings. The number of methoxy groups -OCH3 is 1. The summed E-state index contributed by atoms with van der Waals surface area (Å²) < 4.78 is 32.7. The quantitative estimate of drug-likeness (QED) is 0.813. The topological polar surface area (TPSA) is 70.4 Å². The summed E-state index contributed by atoms with van der Waals surface area (Å²) in [5.41, 5.74) is 0.111. The van der Waals surface area contributed by atoms with Gasteiger partial charge in [0, 0.05) is 6.20 Å². The first-order chi connectivity index (χ1) is 9.03. The molecule has 7 heteroatoms. The van der Waals surface area contributed by atoms with Gasteiger partial charge in [-0.05, 0) is 30.3 Å². The van der Waals surface area contributed by atoms with Crippen LogP contribution in [0.5, 0.6) is 5.75 Å². The summed E-state index contributed by atoms with van der Waals surface area (Å²) in [5.74, 6) is 0.568. The smallest absolute Gasteiger partial charge is 0.123 e. The van der Waals surface area contributed by atoms with Crippen molar-refractivity contribution in [1.29, 1.82) is 0 Å². The molecule has 2 rings (SSSR count). The van der Waals surface area contributed by atoms with Gasteiger partial charge in [0.25, 0.3) is 0 Å². The average molecular weight is 298 g/mol. The minimum absolute atomic E-state index is 0.0413. The molecule has 1 aromatic heterocycles. The van der Waals surface area contributed by atoms with Gasteiger partial charge in [-0.2, -0.15) is 0 Å². The first-order valence-electron chi connectivity index (χ1n) is 5.25. The van der Waals surface area contributed by atoms with Crippen molar-refractivity contribution in [3.63, 3.8) is 0 Å². The summed E-state index contributed by atoms with van der Waals surface area (Å²) in [6.07, 6.45) is 1.46. The molecule has 0 atom stereocenters. The molecule has 0 aliphatic heterocycles. The number of ether oxygens (including phenoxy) is 1. The molecule has 0 fully saturated rings. The van der Waals surface area contributed by atoms with Crippen LogP contribution in [0.2, 0.25) is 5.15 Å². The molecule has 2 aromatic rings. The van der Waals surface area contributed by atoms with E-state index in [2.05, 4.69) is 9.71 Å². The van der Waals surface area contributed by atoms with E-state index < -0.39 is 10.0 Å². The molecule has 100 valence electrons. The molecule has 0 saturated heterocycles. The van der Waals surface area contributed by atoms with Crippen LogP contribution in [0.15, 0.2) is 47.5 Å². The van der Waals surface area contributed by atoms with E-state index in [1.165, 1.54) is 31.5 Å². The standard InChI is InChI=1S/C12H10ClN2O3S/c1-18-9-4-6-10(7-5-9)19(16,17)15-11-3-2-8-14-12(11)13/h2-8H,1H3/q-1. The molecule has 0 unspecified atom stereocenters. The fourth-order valence-electron chi connectivity index (χ4n) is 1.38. The van der Waals surface area contributed by atoms with E-state index in [4.69, 9.17) is 16.3 Å². The zero-order valence-corrected chi connectivity index (χ0v) is 11.5. The number of sulfonamides is 1. The van der Waals surface area contributed by atoms with Gasteiger partial charge in [-0.3, -0.25) is 0 Å². The number of pyridine rings is 1. The van der Waals surface area contributed by atoms with Crippen LogP contribution in [0.4, 0.5) is 5.69 Å². The largest absolute Gasteiger partial charge is 0.570 e. The van der Waals surface area contributed by atoms with Crippen molar-refractivity contribution in [2.75, 3.05) is 7.11 Å². The number of hydrogen-bond donors (Lipinski definition) is 0. The highest BCUT2D eigenvalue weighted by molar-refractivity contribution is 7.94. The number of halogens is 1. The highest BCUT2D eigenvalue weighted by Gasteiger charge is 2.06. The highest BCUT2D eigenvalue weighted by Crippen LogP contribution is 2.32. The van der Waals surface area contributed by atoms with Crippen molar-refractivity contribution < 1.29 is 13.2 Å². The molecule has 1 aromatic carbocycles. The molecule has 0 radical (unpaired) electrons. The van der Waals surface area contributed by atoms with E-state index in [1.807, 2.05) is 0 Å². The number of aromatic nitrogens is 1. The van der Waals surface area contributed by atoms with Crippen LogP contribution in [0.25, 0.3) is 4.72 Å². The van der Waals surface area contributed by atoms with Gasteiger partial charge in [0.05, 0.1) is 12.0 Å². The van der Waals surface area contributed by atoms with Crippen molar-refractivity contribution in [1.82, 2.24) is 4.98 Å². The van der Waals surface area contributed by atoms with Crippen molar-refractivity contribution in [3.05, 3.63) is 52.5 Å². The van der Waals surface area contributed by atoms with Gasteiger partial charge in [-0.15, -0.1) is 0 Å². The Labute approximate surface area is 116 Å². The van der Waals surface area contributed by atoms with Crippen LogP contribution in [-0.4, -0.2) is 20.5 Å². The molecule has 0 saturated carbocycles. The molecule has 19 heavy (non-hydrogen) atoms. The highest BCUT2D eigenvalue weighted by atomic mass is 35.5. The summed E-state index contributed by atoms with van der Waals surface area (Å²) >= 11 is 5.78. The third-order valence-electron chi connectivity index (χ3n) is 2.32. The number of hydrogen-bond acceptors (Lipinski definition) is 4. The Morgan fingerprint density at radius 1 is 1.21 bits per heavy atom. The van der Waals surface area contributed by atoms with Gasteiger partial charge in [0.2, 0.25) is 0 Å². The Balaban J connectivity index is 2.30. The zero-order valence-electron chi connectivity index (χ0n) is 9.95.